The molecule has 2 aromatic rings. The summed E-state index contributed by atoms with van der Waals surface area (Å²) < 4.78 is 6.86. The van der Waals surface area contributed by atoms with Gasteiger partial charge < -0.3 is 10.1 Å². The van der Waals surface area contributed by atoms with Crippen LogP contribution in [0.4, 0.5) is 0 Å². The van der Waals surface area contributed by atoms with E-state index in [1.165, 1.54) is 11.1 Å². The normalized spacial score (nSPS) is 14.0. The molecule has 6 nitrogen and oxygen atoms in total. The number of aryl methyl sites for hydroxylation is 2. The third kappa shape index (κ3) is 3.30. The molecule has 1 aliphatic rings. The summed E-state index contributed by atoms with van der Waals surface area (Å²) in [6, 6.07) is 0. The fourth-order valence-corrected chi connectivity index (χ4v) is 4.01. The van der Waals surface area contributed by atoms with Crippen molar-refractivity contribution in [1.29, 1.82) is 0 Å². The molecule has 2 aromatic heterocycles. The Balaban J connectivity index is 1.80. The molecular formula is C16H21N3O3S. The first-order valence-corrected chi connectivity index (χ1v) is 8.92. The molecular weight excluding hydrogens is 314 g/mol. The van der Waals surface area contributed by atoms with Gasteiger partial charge in [0.2, 0.25) is 0 Å². The Morgan fingerprint density at radius 2 is 2.26 bits per heavy atom. The van der Waals surface area contributed by atoms with Crippen LogP contribution in [0.1, 0.15) is 47.1 Å². The van der Waals surface area contributed by atoms with Crippen molar-refractivity contribution in [2.24, 2.45) is 0 Å². The monoisotopic (exact) mass is 335 g/mol. The number of ether oxygens (including phenoxy) is 1. The molecule has 0 fully saturated rings. The third-order valence-electron chi connectivity index (χ3n) is 4.00. The lowest BCUT2D eigenvalue weighted by Gasteiger charge is -2.10. The number of aromatic nitrogens is 2. The van der Waals surface area contributed by atoms with Crippen molar-refractivity contribution in [3.63, 3.8) is 0 Å². The highest BCUT2D eigenvalue weighted by Crippen LogP contribution is 2.28. The van der Waals surface area contributed by atoms with Crippen molar-refractivity contribution in [2.75, 3.05) is 19.8 Å². The lowest BCUT2D eigenvalue weighted by molar-refractivity contribution is 0.0942. The summed E-state index contributed by atoms with van der Waals surface area (Å²) >= 11 is 1.56. The first-order chi connectivity index (χ1) is 11.2. The maximum Gasteiger partial charge on any atom is 0.271 e. The van der Waals surface area contributed by atoms with Crippen LogP contribution >= 0.6 is 11.3 Å². The Bertz CT molecular complexity index is 766. The zero-order valence-corrected chi connectivity index (χ0v) is 14.1. The number of amides is 1. The van der Waals surface area contributed by atoms with Crippen molar-refractivity contribution in [3.05, 3.63) is 32.7 Å². The van der Waals surface area contributed by atoms with Crippen LogP contribution in [0.5, 0.6) is 0 Å². The topological polar surface area (TPSA) is 72.7 Å². The number of fused-ring (bicyclic) bond motifs is 3. The molecule has 0 bridgehead atoms. The molecule has 0 unspecified atom stereocenters. The van der Waals surface area contributed by atoms with Gasteiger partial charge in [0.05, 0.1) is 0 Å². The average molecular weight is 335 g/mol. The summed E-state index contributed by atoms with van der Waals surface area (Å²) in [5.41, 5.74) is 0.904. The molecule has 0 radical (unpaired) electrons. The minimum absolute atomic E-state index is 0.116. The van der Waals surface area contributed by atoms with Gasteiger partial charge in [-0.25, -0.2) is 4.98 Å². The highest BCUT2D eigenvalue weighted by Gasteiger charge is 2.21. The Morgan fingerprint density at radius 1 is 1.43 bits per heavy atom. The number of carbonyl (C=O) groups excluding carboxylic acids is 1. The van der Waals surface area contributed by atoms with E-state index in [0.29, 0.717) is 24.7 Å². The Kier molecular flexibility index (Phi) is 5.07. The number of rotatable bonds is 6. The number of carbonyl (C=O) groups is 1. The van der Waals surface area contributed by atoms with Crippen LogP contribution < -0.4 is 10.9 Å². The first-order valence-electron chi connectivity index (χ1n) is 8.10. The second-order valence-electron chi connectivity index (χ2n) is 5.58. The quantitative estimate of drug-likeness (QED) is 0.817. The van der Waals surface area contributed by atoms with E-state index in [-0.39, 0.29) is 17.0 Å². The molecule has 2 heterocycles. The van der Waals surface area contributed by atoms with Gasteiger partial charge in [-0.15, -0.1) is 11.3 Å². The van der Waals surface area contributed by atoms with Gasteiger partial charge in [-0.2, -0.15) is 0 Å². The van der Waals surface area contributed by atoms with Gasteiger partial charge in [-0.3, -0.25) is 14.0 Å². The summed E-state index contributed by atoms with van der Waals surface area (Å²) in [5.74, 6) is -0.357. The Morgan fingerprint density at radius 3 is 3.09 bits per heavy atom. The van der Waals surface area contributed by atoms with Gasteiger partial charge in [0.15, 0.2) is 4.96 Å². The van der Waals surface area contributed by atoms with Gasteiger partial charge in [0, 0.05) is 36.5 Å². The summed E-state index contributed by atoms with van der Waals surface area (Å²) in [6.07, 6.45) is 6.25. The molecule has 1 amide bonds. The zero-order chi connectivity index (χ0) is 16.2. The van der Waals surface area contributed by atoms with E-state index < -0.39 is 0 Å². The molecule has 1 N–H and O–H groups in total. The fraction of sp³-hybridized carbons (Fsp3) is 0.562. The third-order valence-corrected chi connectivity index (χ3v) is 5.16. The minimum atomic E-state index is -0.357. The SMILES string of the molecule is CCOCCCNC(=O)c1cnc2sc3c(n2c1=O)CCCC3. The first kappa shape index (κ1) is 16.1. The predicted octanol–water partition coefficient (Wildman–Crippen LogP) is 1.79. The van der Waals surface area contributed by atoms with Crippen LogP contribution in [0.2, 0.25) is 0 Å². The van der Waals surface area contributed by atoms with E-state index in [2.05, 4.69) is 10.3 Å². The van der Waals surface area contributed by atoms with Crippen LogP contribution in [-0.2, 0) is 17.6 Å². The molecule has 0 aliphatic heterocycles. The number of nitrogens with one attached hydrogen (secondary N) is 1. The van der Waals surface area contributed by atoms with Gasteiger partial charge in [-0.05, 0) is 39.0 Å². The van der Waals surface area contributed by atoms with Crippen LogP contribution in [0, 0.1) is 0 Å². The van der Waals surface area contributed by atoms with Crippen molar-refractivity contribution in [1.82, 2.24) is 14.7 Å². The molecule has 0 spiro atoms. The summed E-state index contributed by atoms with van der Waals surface area (Å²) in [5, 5.41) is 2.77. The number of hydrogen-bond acceptors (Lipinski definition) is 5. The van der Waals surface area contributed by atoms with E-state index in [4.69, 9.17) is 4.74 Å². The maximum atomic E-state index is 12.7. The number of nitrogens with zero attached hydrogens (tertiary/aromatic N) is 2. The smallest absolute Gasteiger partial charge is 0.271 e. The standard InChI is InChI=1S/C16H21N3O3S/c1-2-22-9-5-8-17-14(20)11-10-18-16-19(15(11)21)12-6-3-4-7-13(12)23-16/h10H,2-9H2,1H3,(H,17,20). The molecule has 7 heteroatoms. The summed E-state index contributed by atoms with van der Waals surface area (Å²) in [6.45, 7) is 3.69. The van der Waals surface area contributed by atoms with E-state index in [0.717, 1.165) is 37.8 Å². The zero-order valence-electron chi connectivity index (χ0n) is 13.3. The molecule has 23 heavy (non-hydrogen) atoms. The number of thiazole rings is 1. The highest BCUT2D eigenvalue weighted by atomic mass is 32.1. The molecule has 0 saturated heterocycles. The van der Waals surface area contributed by atoms with Crippen molar-refractivity contribution in [2.45, 2.75) is 39.0 Å². The molecule has 3 rings (SSSR count). The lowest BCUT2D eigenvalue weighted by atomic mass is 10.0. The summed E-state index contributed by atoms with van der Waals surface area (Å²) in [7, 11) is 0. The molecule has 0 aromatic carbocycles. The second kappa shape index (κ2) is 7.23. The molecule has 0 atom stereocenters. The largest absolute Gasteiger partial charge is 0.382 e. The maximum absolute atomic E-state index is 12.7. The summed E-state index contributed by atoms with van der Waals surface area (Å²) in [4.78, 5) is 31.2. The molecule has 1 aliphatic carbocycles. The predicted molar refractivity (Wildman–Crippen MR) is 89.4 cm³/mol. The lowest BCUT2D eigenvalue weighted by Crippen LogP contribution is -2.32. The van der Waals surface area contributed by atoms with Crippen LogP contribution in [0.25, 0.3) is 4.96 Å². The van der Waals surface area contributed by atoms with E-state index in [1.807, 2.05) is 6.92 Å². The Hall–Kier alpha value is -1.73. The van der Waals surface area contributed by atoms with Gasteiger partial charge in [0.25, 0.3) is 11.5 Å². The van der Waals surface area contributed by atoms with Crippen molar-refractivity contribution >= 4 is 22.2 Å². The van der Waals surface area contributed by atoms with E-state index >= 15 is 0 Å². The van der Waals surface area contributed by atoms with Gasteiger partial charge in [-0.1, -0.05) is 0 Å². The van der Waals surface area contributed by atoms with E-state index in [1.54, 1.807) is 15.7 Å². The van der Waals surface area contributed by atoms with Crippen molar-refractivity contribution < 1.29 is 9.53 Å². The van der Waals surface area contributed by atoms with Gasteiger partial charge in [0.1, 0.15) is 5.56 Å². The average Bonchev–Trinajstić information content (AvgIpc) is 2.94. The minimum Gasteiger partial charge on any atom is -0.382 e. The molecule has 0 saturated carbocycles. The van der Waals surface area contributed by atoms with E-state index in [9.17, 15) is 9.59 Å². The number of hydrogen-bond donors (Lipinski definition) is 1. The van der Waals surface area contributed by atoms with Crippen molar-refractivity contribution in [3.8, 4) is 0 Å². The van der Waals surface area contributed by atoms with Crippen LogP contribution in [-0.4, -0.2) is 35.1 Å². The second-order valence-corrected chi connectivity index (χ2v) is 6.64. The highest BCUT2D eigenvalue weighted by molar-refractivity contribution is 7.17. The Labute approximate surface area is 138 Å². The molecule has 124 valence electrons. The van der Waals surface area contributed by atoms with Crippen LogP contribution in [0.15, 0.2) is 11.0 Å². The van der Waals surface area contributed by atoms with Crippen LogP contribution in [0.3, 0.4) is 0 Å². The fourth-order valence-electron chi connectivity index (χ4n) is 2.84. The van der Waals surface area contributed by atoms with Gasteiger partial charge >= 0.3 is 0 Å².